The summed E-state index contributed by atoms with van der Waals surface area (Å²) in [6, 6.07) is 8.20. The van der Waals surface area contributed by atoms with Crippen LogP contribution in [0.15, 0.2) is 43.0 Å². The lowest BCUT2D eigenvalue weighted by atomic mass is 9.42. The fourth-order valence-corrected chi connectivity index (χ4v) is 6.19. The average Bonchev–Trinajstić information content (AvgIpc) is 3.53. The quantitative estimate of drug-likeness (QED) is 0.383. The van der Waals surface area contributed by atoms with Gasteiger partial charge in [-0.15, -0.1) is 5.10 Å². The molecule has 1 saturated heterocycles. The molecule has 8 rings (SSSR count). The van der Waals surface area contributed by atoms with E-state index in [9.17, 15) is 9.65 Å². The molecule has 38 heavy (non-hydrogen) atoms. The van der Waals surface area contributed by atoms with E-state index in [1.165, 1.54) is 0 Å². The van der Waals surface area contributed by atoms with Gasteiger partial charge in [-0.2, -0.15) is 5.26 Å². The molecule has 0 atom stereocenters. The number of fused-ring (bicyclic) bond motifs is 1. The zero-order valence-corrected chi connectivity index (χ0v) is 21.0. The summed E-state index contributed by atoms with van der Waals surface area (Å²) < 4.78 is 22.9. The van der Waals surface area contributed by atoms with Crippen LogP contribution in [0.1, 0.15) is 36.2 Å². The zero-order chi connectivity index (χ0) is 25.7. The van der Waals surface area contributed by atoms with Gasteiger partial charge in [-0.05, 0) is 42.4 Å². The van der Waals surface area contributed by atoms with Crippen molar-refractivity contribution >= 4 is 11.3 Å². The third kappa shape index (κ3) is 4.19. The van der Waals surface area contributed by atoms with Gasteiger partial charge in [0.1, 0.15) is 28.8 Å². The van der Waals surface area contributed by atoms with Gasteiger partial charge in [-0.25, -0.2) is 19.0 Å². The first-order valence-corrected chi connectivity index (χ1v) is 13.0. The van der Waals surface area contributed by atoms with E-state index in [4.69, 9.17) is 9.72 Å². The number of hydrogen-bond acceptors (Lipinski definition) is 8. The van der Waals surface area contributed by atoms with E-state index >= 15 is 0 Å². The largest absolute Gasteiger partial charge is 0.378 e. The molecule has 4 fully saturated rings. The molecule has 0 unspecified atom stereocenters. The zero-order valence-electron chi connectivity index (χ0n) is 21.0. The van der Waals surface area contributed by atoms with Crippen LogP contribution in [0.3, 0.4) is 0 Å². The summed E-state index contributed by atoms with van der Waals surface area (Å²) in [5.74, 6) is 0. The minimum atomic E-state index is -0.847. The molecule has 4 aromatic rings. The molecule has 11 heteroatoms. The SMILES string of the molecule is N#Cc1ncc(N2CCOCC2)cc1-c1cn(Cc2cn3cc(CNCC45CC(F)(C4)C5)ccc3n2)nn1. The number of morpholine rings is 1. The molecule has 0 aromatic carbocycles. The summed E-state index contributed by atoms with van der Waals surface area (Å²) in [6.07, 6.45) is 9.78. The number of halogens is 1. The van der Waals surface area contributed by atoms with Gasteiger partial charge in [0.05, 0.1) is 43.5 Å². The molecule has 0 amide bonds. The van der Waals surface area contributed by atoms with Crippen LogP contribution >= 0.6 is 0 Å². The maximum Gasteiger partial charge on any atom is 0.150 e. The molecule has 4 aliphatic rings. The minimum absolute atomic E-state index is 0.200. The molecule has 10 nitrogen and oxygen atoms in total. The monoisotopic (exact) mass is 513 g/mol. The highest BCUT2D eigenvalue weighted by Crippen LogP contribution is 2.69. The first-order chi connectivity index (χ1) is 18.5. The van der Waals surface area contributed by atoms with Crippen LogP contribution < -0.4 is 10.2 Å². The normalized spacial score (nSPS) is 24.2. The standard InChI is InChI=1S/C27H28FN9O/c28-27-15-26(16-27,17-27)18-30-9-19-1-2-25-32-20(12-36(25)11-19)13-37-14-24(33-34-37)22-7-21(10-31-23(22)8-29)35-3-5-38-6-4-35/h1-2,7,10-12,14,30H,3-6,9,13,15-18H2. The molecule has 2 bridgehead atoms. The van der Waals surface area contributed by atoms with Crippen molar-refractivity contribution in [2.24, 2.45) is 5.41 Å². The van der Waals surface area contributed by atoms with Gasteiger partial charge in [0, 0.05) is 44.1 Å². The lowest BCUT2D eigenvalue weighted by molar-refractivity contribution is -0.209. The number of ether oxygens (including phenoxy) is 1. The number of aromatic nitrogens is 6. The number of hydrogen-bond donors (Lipinski definition) is 1. The molecule has 1 aliphatic heterocycles. The number of nitriles is 1. The Bertz CT molecular complexity index is 1530. The van der Waals surface area contributed by atoms with Crippen molar-refractivity contribution in [2.45, 2.75) is 38.0 Å². The van der Waals surface area contributed by atoms with Crippen molar-refractivity contribution in [1.82, 2.24) is 34.7 Å². The number of nitrogens with one attached hydrogen (secondary N) is 1. The van der Waals surface area contributed by atoms with Gasteiger partial charge in [-0.3, -0.25) is 0 Å². The molecule has 0 spiro atoms. The van der Waals surface area contributed by atoms with Crippen molar-refractivity contribution < 1.29 is 9.13 Å². The van der Waals surface area contributed by atoms with Crippen LogP contribution in [0.5, 0.6) is 0 Å². The Balaban J connectivity index is 1.04. The third-order valence-electron chi connectivity index (χ3n) is 7.96. The van der Waals surface area contributed by atoms with Crippen LogP contribution in [-0.4, -0.2) is 67.9 Å². The van der Waals surface area contributed by atoms with Gasteiger partial charge >= 0.3 is 0 Å². The van der Waals surface area contributed by atoms with E-state index < -0.39 is 5.67 Å². The van der Waals surface area contributed by atoms with Crippen LogP contribution in [0.2, 0.25) is 0 Å². The molecular weight excluding hydrogens is 485 g/mol. The van der Waals surface area contributed by atoms with Gasteiger partial charge in [-0.1, -0.05) is 11.3 Å². The highest BCUT2D eigenvalue weighted by molar-refractivity contribution is 5.69. The van der Waals surface area contributed by atoms with Crippen LogP contribution in [-0.2, 0) is 17.8 Å². The van der Waals surface area contributed by atoms with Crippen molar-refractivity contribution in [3.05, 3.63) is 59.9 Å². The first-order valence-electron chi connectivity index (χ1n) is 13.0. The Kier molecular flexibility index (Phi) is 5.42. The van der Waals surface area contributed by atoms with Gasteiger partial charge in [0.2, 0.25) is 0 Å². The second-order valence-electron chi connectivity index (χ2n) is 10.9. The summed E-state index contributed by atoms with van der Waals surface area (Å²) in [4.78, 5) is 11.3. The van der Waals surface area contributed by atoms with Crippen molar-refractivity contribution in [2.75, 3.05) is 37.7 Å². The van der Waals surface area contributed by atoms with E-state index in [1.807, 2.05) is 28.9 Å². The maximum absolute atomic E-state index is 13.7. The van der Waals surface area contributed by atoms with Crippen molar-refractivity contribution in [3.63, 3.8) is 0 Å². The van der Waals surface area contributed by atoms with E-state index in [0.717, 1.165) is 48.8 Å². The Labute approximate surface area is 219 Å². The Hall–Kier alpha value is -3.88. The molecule has 194 valence electrons. The molecule has 4 aromatic heterocycles. The second kappa shape index (κ2) is 8.85. The molecule has 3 aliphatic carbocycles. The number of rotatable bonds is 8. The van der Waals surface area contributed by atoms with Crippen molar-refractivity contribution in [3.8, 4) is 17.3 Å². The highest BCUT2D eigenvalue weighted by Gasteiger charge is 2.68. The van der Waals surface area contributed by atoms with E-state index in [2.05, 4.69) is 43.8 Å². The molecule has 3 saturated carbocycles. The highest BCUT2D eigenvalue weighted by atomic mass is 19.1. The predicted octanol–water partition coefficient (Wildman–Crippen LogP) is 2.73. The van der Waals surface area contributed by atoms with E-state index in [-0.39, 0.29) is 5.41 Å². The van der Waals surface area contributed by atoms with E-state index in [1.54, 1.807) is 10.9 Å². The van der Waals surface area contributed by atoms with Crippen LogP contribution in [0, 0.1) is 16.7 Å². The summed E-state index contributed by atoms with van der Waals surface area (Å²) in [5.41, 5.74) is 4.75. The lowest BCUT2D eigenvalue weighted by Crippen LogP contribution is -2.67. The number of alkyl halides is 1. The average molecular weight is 514 g/mol. The van der Waals surface area contributed by atoms with E-state index in [0.29, 0.717) is 56.0 Å². The lowest BCUT2D eigenvalue weighted by Gasteiger charge is -2.66. The maximum atomic E-state index is 13.7. The third-order valence-corrected chi connectivity index (χ3v) is 7.96. The Morgan fingerprint density at radius 1 is 1.13 bits per heavy atom. The number of imidazole rings is 1. The minimum Gasteiger partial charge on any atom is -0.378 e. The fourth-order valence-electron chi connectivity index (χ4n) is 6.19. The fraction of sp³-hybridized carbons (Fsp3) is 0.444. The van der Waals surface area contributed by atoms with Gasteiger partial charge in [0.25, 0.3) is 0 Å². The topological polar surface area (TPSA) is 109 Å². The molecule has 0 radical (unpaired) electrons. The smallest absolute Gasteiger partial charge is 0.150 e. The molecular formula is C27H28FN9O. The van der Waals surface area contributed by atoms with Crippen molar-refractivity contribution in [1.29, 1.82) is 5.26 Å². The summed E-state index contributed by atoms with van der Waals surface area (Å²) in [5, 5.41) is 21.7. The van der Waals surface area contributed by atoms with Gasteiger partial charge < -0.3 is 19.4 Å². The predicted molar refractivity (Wildman–Crippen MR) is 137 cm³/mol. The second-order valence-corrected chi connectivity index (χ2v) is 10.9. The van der Waals surface area contributed by atoms with Gasteiger partial charge in [0.15, 0.2) is 0 Å². The molecule has 1 N–H and O–H groups in total. The Morgan fingerprint density at radius 3 is 2.76 bits per heavy atom. The Morgan fingerprint density at radius 2 is 1.97 bits per heavy atom. The number of anilines is 1. The number of pyridine rings is 2. The van der Waals surface area contributed by atoms with Crippen LogP contribution in [0.25, 0.3) is 16.9 Å². The summed E-state index contributed by atoms with van der Waals surface area (Å²) >= 11 is 0. The first kappa shape index (κ1) is 23.3. The molecule has 5 heterocycles. The summed E-state index contributed by atoms with van der Waals surface area (Å²) in [6.45, 7) is 4.98. The number of nitrogens with zero attached hydrogens (tertiary/aromatic N) is 8. The summed E-state index contributed by atoms with van der Waals surface area (Å²) in [7, 11) is 0. The van der Waals surface area contributed by atoms with Crippen LogP contribution in [0.4, 0.5) is 10.1 Å².